The maximum absolute atomic E-state index is 2.42. The summed E-state index contributed by atoms with van der Waals surface area (Å²) < 4.78 is 5.29. The quantitative estimate of drug-likeness (QED) is 0.575. The standard InChI is InChI=1S/2C8H11.C3H6.2ClH.Ti/c2*1-6-4-7(2)8(3)5-6;1-3-2;;;/h2*4,8H,1-3H3;1-2H3;2*1H;/q;;;;;+2/p-2. The molecular formula is C19H28Cl2Ti. The van der Waals surface area contributed by atoms with Crippen molar-refractivity contribution in [2.75, 3.05) is 0 Å². The van der Waals surface area contributed by atoms with Gasteiger partial charge in [-0.2, -0.15) is 0 Å². The maximum atomic E-state index is 2.42. The first-order valence-electron chi connectivity index (χ1n) is 7.71. The van der Waals surface area contributed by atoms with E-state index in [1.807, 2.05) is 0 Å². The van der Waals surface area contributed by atoms with Crippen molar-refractivity contribution in [3.8, 4) is 0 Å². The predicted octanol–water partition coefficient (Wildman–Crippen LogP) is -0.435. The van der Waals surface area contributed by atoms with Crippen LogP contribution in [-0.4, -0.2) is 3.81 Å². The Morgan fingerprint density at radius 2 is 1.09 bits per heavy atom. The number of hydrogen-bond acceptors (Lipinski definition) is 0. The molecule has 2 aliphatic carbocycles. The molecule has 22 heavy (non-hydrogen) atoms. The molecule has 2 rings (SSSR count). The van der Waals surface area contributed by atoms with Gasteiger partial charge in [-0.1, -0.05) is 0 Å². The second-order valence-corrected chi connectivity index (χ2v) is 11.2. The van der Waals surface area contributed by atoms with Crippen molar-refractivity contribution in [3.63, 3.8) is 0 Å². The molecule has 0 fully saturated rings. The van der Waals surface area contributed by atoms with Crippen LogP contribution in [0.3, 0.4) is 0 Å². The molecule has 0 saturated carbocycles. The van der Waals surface area contributed by atoms with Gasteiger partial charge in [-0.25, -0.2) is 0 Å². The number of rotatable bonds is 2. The molecule has 0 nitrogen and oxygen atoms in total. The molecule has 2 aliphatic rings. The van der Waals surface area contributed by atoms with Crippen LogP contribution in [-0.2, 0) is 17.4 Å². The summed E-state index contributed by atoms with van der Waals surface area (Å²) in [5.41, 5.74) is 6.22. The molecule has 2 atom stereocenters. The monoisotopic (exact) mass is 374 g/mol. The summed E-state index contributed by atoms with van der Waals surface area (Å²) in [6.45, 7) is 18.8. The van der Waals surface area contributed by atoms with Gasteiger partial charge < -0.3 is 24.8 Å². The van der Waals surface area contributed by atoms with Crippen LogP contribution in [0, 0.1) is 11.8 Å². The van der Waals surface area contributed by atoms with E-state index in [0.29, 0.717) is 11.8 Å². The van der Waals surface area contributed by atoms with E-state index in [9.17, 15) is 0 Å². The normalized spacial score (nSPS) is 23.4. The Balaban J connectivity index is 0.00000220. The fourth-order valence-corrected chi connectivity index (χ4v) is 9.39. The molecule has 0 bridgehead atoms. The maximum Gasteiger partial charge on any atom is -1.00 e. The molecule has 0 aliphatic heterocycles. The van der Waals surface area contributed by atoms with E-state index in [1.54, 1.807) is 33.9 Å². The third kappa shape index (κ3) is 3.78. The molecule has 122 valence electrons. The van der Waals surface area contributed by atoms with Gasteiger partial charge in [0.15, 0.2) is 0 Å². The molecule has 0 aromatic heterocycles. The van der Waals surface area contributed by atoms with Crippen LogP contribution in [0.25, 0.3) is 0 Å². The summed E-state index contributed by atoms with van der Waals surface area (Å²) in [6.07, 6.45) is 4.84. The average Bonchev–Trinajstić information content (AvgIpc) is 2.72. The first-order chi connectivity index (χ1) is 9.25. The average molecular weight is 375 g/mol. The van der Waals surface area contributed by atoms with Crippen molar-refractivity contribution in [3.05, 3.63) is 42.2 Å². The molecule has 0 heterocycles. The summed E-state index contributed by atoms with van der Waals surface area (Å²) >= 11 is -1.48. The van der Waals surface area contributed by atoms with Gasteiger partial charge in [-0.05, 0) is 0 Å². The van der Waals surface area contributed by atoms with Gasteiger partial charge in [0.25, 0.3) is 0 Å². The van der Waals surface area contributed by atoms with Crippen LogP contribution in [0.15, 0.2) is 42.2 Å². The first kappa shape index (κ1) is 22.1. The Labute approximate surface area is 155 Å². The molecule has 0 spiro atoms. The number of hydrogen-bond donors (Lipinski definition) is 0. The van der Waals surface area contributed by atoms with Gasteiger partial charge in [0.1, 0.15) is 0 Å². The van der Waals surface area contributed by atoms with Crippen molar-refractivity contribution >= 4 is 3.81 Å². The van der Waals surface area contributed by atoms with Gasteiger partial charge >= 0.3 is 131 Å². The Morgan fingerprint density at radius 1 is 0.773 bits per heavy atom. The van der Waals surface area contributed by atoms with Gasteiger partial charge in [0.05, 0.1) is 0 Å². The van der Waals surface area contributed by atoms with Crippen LogP contribution in [0.2, 0.25) is 0 Å². The Kier molecular flexibility index (Phi) is 8.34. The van der Waals surface area contributed by atoms with Gasteiger partial charge in [0.2, 0.25) is 0 Å². The van der Waals surface area contributed by atoms with Crippen molar-refractivity contribution in [1.82, 2.24) is 0 Å². The number of halogens is 2. The third-order valence-corrected chi connectivity index (χ3v) is 10.8. The van der Waals surface area contributed by atoms with E-state index in [2.05, 4.69) is 67.5 Å². The van der Waals surface area contributed by atoms with Crippen LogP contribution in [0.4, 0.5) is 0 Å². The molecule has 2 unspecified atom stereocenters. The smallest absolute Gasteiger partial charge is 1.00 e. The first-order valence-corrected chi connectivity index (χ1v) is 10.1. The van der Waals surface area contributed by atoms with Crippen LogP contribution < -0.4 is 24.8 Å². The van der Waals surface area contributed by atoms with E-state index < -0.39 is 17.4 Å². The van der Waals surface area contributed by atoms with Crippen molar-refractivity contribution in [2.45, 2.75) is 55.4 Å². The third-order valence-electron chi connectivity index (χ3n) is 5.01. The minimum atomic E-state index is -1.48. The topological polar surface area (TPSA) is 0 Å². The van der Waals surface area contributed by atoms with Crippen molar-refractivity contribution in [2.24, 2.45) is 11.8 Å². The molecular weight excluding hydrogens is 347 g/mol. The largest absolute Gasteiger partial charge is 1.00 e. The van der Waals surface area contributed by atoms with E-state index >= 15 is 0 Å². The Morgan fingerprint density at radius 3 is 1.27 bits per heavy atom. The molecule has 0 saturated heterocycles. The van der Waals surface area contributed by atoms with Crippen LogP contribution in [0.1, 0.15) is 55.4 Å². The summed E-state index contributed by atoms with van der Waals surface area (Å²) in [5.74, 6) is 1.32. The zero-order valence-corrected chi connectivity index (χ0v) is 18.1. The zero-order chi connectivity index (χ0) is 15.2. The molecule has 0 aromatic rings. The Bertz CT molecular complexity index is 563. The number of allylic oxidation sites excluding steroid dienone is 8. The molecule has 0 N–H and O–H groups in total. The summed E-state index contributed by atoms with van der Waals surface area (Å²) in [7, 11) is 0. The predicted molar refractivity (Wildman–Crippen MR) is 87.6 cm³/mol. The molecule has 0 aromatic carbocycles. The van der Waals surface area contributed by atoms with Crippen LogP contribution in [0.5, 0.6) is 0 Å². The summed E-state index contributed by atoms with van der Waals surface area (Å²) in [5, 5.41) is 0. The summed E-state index contributed by atoms with van der Waals surface area (Å²) in [6, 6.07) is 0. The minimum Gasteiger partial charge on any atom is -1.00 e. The van der Waals surface area contributed by atoms with Gasteiger partial charge in [0, 0.05) is 0 Å². The molecule has 0 amide bonds. The van der Waals surface area contributed by atoms with E-state index in [4.69, 9.17) is 0 Å². The van der Waals surface area contributed by atoms with Crippen LogP contribution >= 0.6 is 0 Å². The van der Waals surface area contributed by atoms with Gasteiger partial charge in [-0.3, -0.25) is 0 Å². The second-order valence-electron chi connectivity index (χ2n) is 6.79. The molecule has 3 heteroatoms. The fraction of sp³-hybridized carbons (Fsp3) is 0.526. The fourth-order valence-electron chi connectivity index (χ4n) is 3.74. The van der Waals surface area contributed by atoms with Crippen molar-refractivity contribution in [1.29, 1.82) is 0 Å². The second kappa shape index (κ2) is 8.29. The molecule has 0 radical (unpaired) electrons. The van der Waals surface area contributed by atoms with E-state index in [1.165, 1.54) is 0 Å². The summed E-state index contributed by atoms with van der Waals surface area (Å²) in [4.78, 5) is 0. The SMILES string of the molecule is CC1=CC(C)=[C]([Ti+2]([C]2=C(C)C=C(C)C2C)=[C](C)C)C1C.[Cl-].[Cl-]. The van der Waals surface area contributed by atoms with E-state index in [0.717, 1.165) is 0 Å². The zero-order valence-electron chi connectivity index (χ0n) is 15.1. The Hall–Kier alpha value is 0.124. The minimum absolute atomic E-state index is 0. The van der Waals surface area contributed by atoms with Gasteiger partial charge in [-0.15, -0.1) is 0 Å². The van der Waals surface area contributed by atoms with E-state index in [-0.39, 0.29) is 24.8 Å². The van der Waals surface area contributed by atoms with Crippen molar-refractivity contribution < 1.29 is 42.2 Å².